The Balaban J connectivity index is 0. The third-order valence-corrected chi connectivity index (χ3v) is 3.64. The Kier molecular flexibility index (Phi) is 11.1. The number of nitrogens with zero attached hydrogens (tertiary/aromatic N) is 1. The molecular weight excluding hydrogens is 273 g/mol. The van der Waals surface area contributed by atoms with Gasteiger partial charge in [-0.1, -0.05) is 6.42 Å². The average Bonchev–Trinajstić information content (AvgIpc) is 2.60. The highest BCUT2D eigenvalue weighted by Gasteiger charge is 2.25. The number of carbonyl (C=O) groups is 1. The van der Waals surface area contributed by atoms with Crippen LogP contribution in [0.2, 0.25) is 0 Å². The third kappa shape index (κ3) is 6.78. The van der Waals surface area contributed by atoms with E-state index >= 15 is 0 Å². The molecule has 0 heterocycles. The fourth-order valence-electron chi connectivity index (χ4n) is 2.07. The Morgan fingerprint density at radius 2 is 2.00 bits per heavy atom. The maximum absolute atomic E-state index is 11.7. The lowest BCUT2D eigenvalue weighted by Crippen LogP contribution is -2.39. The highest BCUT2D eigenvalue weighted by molar-refractivity contribution is 5.85. The first-order valence-corrected chi connectivity index (χ1v) is 6.19. The van der Waals surface area contributed by atoms with Crippen molar-refractivity contribution in [2.75, 3.05) is 20.6 Å². The molecule has 1 fully saturated rings. The summed E-state index contributed by atoms with van der Waals surface area (Å²) in [6.45, 7) is 2.81. The molecule has 1 unspecified atom stereocenters. The second-order valence-corrected chi connectivity index (χ2v) is 5.18. The summed E-state index contributed by atoms with van der Waals surface area (Å²) in [4.78, 5) is 13.8. The average molecular weight is 300 g/mol. The van der Waals surface area contributed by atoms with E-state index in [-0.39, 0.29) is 36.8 Å². The van der Waals surface area contributed by atoms with E-state index in [0.29, 0.717) is 24.9 Å². The monoisotopic (exact) mass is 299 g/mol. The van der Waals surface area contributed by atoms with Crippen LogP contribution < -0.4 is 11.1 Å². The van der Waals surface area contributed by atoms with Crippen molar-refractivity contribution in [2.45, 2.75) is 44.7 Å². The molecule has 1 rings (SSSR count). The molecule has 1 aliphatic rings. The molecule has 3 N–H and O–H groups in total. The van der Waals surface area contributed by atoms with Crippen LogP contribution in [0, 0.1) is 5.92 Å². The molecule has 6 heteroatoms. The quantitative estimate of drug-likeness (QED) is 0.807. The van der Waals surface area contributed by atoms with Crippen molar-refractivity contribution in [3.8, 4) is 0 Å². The van der Waals surface area contributed by atoms with Gasteiger partial charge in [-0.15, -0.1) is 24.8 Å². The van der Waals surface area contributed by atoms with Gasteiger partial charge in [0.05, 0.1) is 0 Å². The smallest absolute Gasteiger partial charge is 0.220 e. The fraction of sp³-hybridized carbons (Fsp3) is 0.917. The van der Waals surface area contributed by atoms with E-state index < -0.39 is 0 Å². The van der Waals surface area contributed by atoms with Gasteiger partial charge in [0.25, 0.3) is 0 Å². The second kappa shape index (κ2) is 9.84. The van der Waals surface area contributed by atoms with Gasteiger partial charge in [-0.05, 0) is 39.8 Å². The number of hydrogen-bond acceptors (Lipinski definition) is 3. The van der Waals surface area contributed by atoms with E-state index in [1.165, 1.54) is 6.42 Å². The van der Waals surface area contributed by atoms with Gasteiger partial charge in [-0.3, -0.25) is 4.79 Å². The van der Waals surface area contributed by atoms with E-state index in [1.807, 2.05) is 14.1 Å². The Labute approximate surface area is 123 Å². The third-order valence-electron chi connectivity index (χ3n) is 3.64. The fourth-order valence-corrected chi connectivity index (χ4v) is 2.07. The van der Waals surface area contributed by atoms with Crippen LogP contribution in [0.15, 0.2) is 0 Å². The molecule has 0 aliphatic heterocycles. The number of rotatable bonds is 5. The number of nitrogens with two attached hydrogens (primary N) is 1. The normalized spacial score (nSPS) is 24.1. The van der Waals surface area contributed by atoms with Crippen molar-refractivity contribution >= 4 is 30.7 Å². The van der Waals surface area contributed by atoms with Crippen molar-refractivity contribution in [3.05, 3.63) is 0 Å². The standard InChI is InChI=1S/C12H25N3O.2ClH/c1-9(15(2)3)8-14-12(16)7-10-5-4-6-11(10)13;;/h9-11H,4-8,13H2,1-3H3,(H,14,16);2*1H/t9?,10-,11+;;/m0../s1. The summed E-state index contributed by atoms with van der Waals surface area (Å²) in [7, 11) is 4.04. The van der Waals surface area contributed by atoms with Gasteiger partial charge in [0, 0.05) is 25.0 Å². The van der Waals surface area contributed by atoms with Gasteiger partial charge in [-0.25, -0.2) is 0 Å². The molecule has 0 aromatic heterocycles. The Morgan fingerprint density at radius 3 is 2.44 bits per heavy atom. The maximum Gasteiger partial charge on any atom is 0.220 e. The van der Waals surface area contributed by atoms with Crippen LogP contribution in [0.1, 0.15) is 32.6 Å². The van der Waals surface area contributed by atoms with Crippen LogP contribution in [-0.2, 0) is 4.79 Å². The summed E-state index contributed by atoms with van der Waals surface area (Å²) in [6.07, 6.45) is 3.96. The van der Waals surface area contributed by atoms with Gasteiger partial charge >= 0.3 is 0 Å². The molecule has 3 atom stereocenters. The number of carbonyl (C=O) groups excluding carboxylic acids is 1. The minimum absolute atomic E-state index is 0. The summed E-state index contributed by atoms with van der Waals surface area (Å²) in [5.41, 5.74) is 5.94. The molecule has 0 radical (unpaired) electrons. The SMILES string of the molecule is CC(CNC(=O)C[C@@H]1CCC[C@H]1N)N(C)C.Cl.Cl. The Morgan fingerprint density at radius 1 is 1.39 bits per heavy atom. The molecule has 4 nitrogen and oxygen atoms in total. The minimum Gasteiger partial charge on any atom is -0.355 e. The first kappa shape index (κ1) is 20.3. The first-order chi connectivity index (χ1) is 7.50. The van der Waals surface area contributed by atoms with Crippen LogP contribution in [0.4, 0.5) is 0 Å². The van der Waals surface area contributed by atoms with Gasteiger partial charge in [-0.2, -0.15) is 0 Å². The second-order valence-electron chi connectivity index (χ2n) is 5.18. The molecule has 18 heavy (non-hydrogen) atoms. The topological polar surface area (TPSA) is 58.4 Å². The van der Waals surface area contributed by atoms with Gasteiger partial charge < -0.3 is 16.0 Å². The zero-order valence-corrected chi connectivity index (χ0v) is 13.1. The summed E-state index contributed by atoms with van der Waals surface area (Å²) in [5.74, 6) is 0.547. The summed E-state index contributed by atoms with van der Waals surface area (Å²) in [6, 6.07) is 0.609. The van der Waals surface area contributed by atoms with E-state index in [1.54, 1.807) is 0 Å². The van der Waals surface area contributed by atoms with Gasteiger partial charge in [0.1, 0.15) is 0 Å². The summed E-state index contributed by atoms with van der Waals surface area (Å²) in [5, 5.41) is 2.98. The summed E-state index contributed by atoms with van der Waals surface area (Å²) < 4.78 is 0. The largest absolute Gasteiger partial charge is 0.355 e. The van der Waals surface area contributed by atoms with E-state index in [4.69, 9.17) is 5.73 Å². The number of amides is 1. The predicted molar refractivity (Wildman–Crippen MR) is 80.6 cm³/mol. The molecule has 110 valence electrons. The van der Waals surface area contributed by atoms with Crippen LogP contribution in [0.25, 0.3) is 0 Å². The molecule has 0 aromatic rings. The van der Waals surface area contributed by atoms with E-state index in [2.05, 4.69) is 17.1 Å². The zero-order valence-electron chi connectivity index (χ0n) is 11.5. The van der Waals surface area contributed by atoms with Crippen LogP contribution in [0.5, 0.6) is 0 Å². The maximum atomic E-state index is 11.7. The van der Waals surface area contributed by atoms with Crippen molar-refractivity contribution < 1.29 is 4.79 Å². The first-order valence-electron chi connectivity index (χ1n) is 6.19. The molecule has 0 saturated heterocycles. The van der Waals surface area contributed by atoms with Crippen molar-refractivity contribution in [3.63, 3.8) is 0 Å². The number of nitrogens with one attached hydrogen (secondary N) is 1. The van der Waals surface area contributed by atoms with Crippen molar-refractivity contribution in [1.29, 1.82) is 0 Å². The van der Waals surface area contributed by atoms with Crippen molar-refractivity contribution in [1.82, 2.24) is 10.2 Å². The molecule has 0 aromatic carbocycles. The van der Waals surface area contributed by atoms with Crippen molar-refractivity contribution in [2.24, 2.45) is 11.7 Å². The zero-order chi connectivity index (χ0) is 12.1. The summed E-state index contributed by atoms with van der Waals surface area (Å²) >= 11 is 0. The Hall–Kier alpha value is -0.0300. The van der Waals surface area contributed by atoms with E-state index in [0.717, 1.165) is 12.8 Å². The van der Waals surface area contributed by atoms with Crippen LogP contribution >= 0.6 is 24.8 Å². The number of halogens is 2. The molecule has 1 saturated carbocycles. The lowest BCUT2D eigenvalue weighted by molar-refractivity contribution is -0.122. The van der Waals surface area contributed by atoms with Crippen LogP contribution in [0.3, 0.4) is 0 Å². The van der Waals surface area contributed by atoms with Gasteiger partial charge in [0.15, 0.2) is 0 Å². The number of likely N-dealkylation sites (N-methyl/N-ethyl adjacent to an activating group) is 1. The lowest BCUT2D eigenvalue weighted by atomic mass is 10.00. The molecule has 1 aliphatic carbocycles. The van der Waals surface area contributed by atoms with Crippen LogP contribution in [-0.4, -0.2) is 43.5 Å². The molecule has 1 amide bonds. The number of hydrogen-bond donors (Lipinski definition) is 2. The molecule has 0 spiro atoms. The minimum atomic E-state index is 0. The molecular formula is C12H27Cl2N3O. The highest BCUT2D eigenvalue weighted by Crippen LogP contribution is 2.26. The van der Waals surface area contributed by atoms with E-state index in [9.17, 15) is 4.79 Å². The lowest BCUT2D eigenvalue weighted by Gasteiger charge is -2.21. The van der Waals surface area contributed by atoms with Gasteiger partial charge in [0.2, 0.25) is 5.91 Å². The highest BCUT2D eigenvalue weighted by atomic mass is 35.5. The predicted octanol–water partition coefficient (Wildman–Crippen LogP) is 1.41. The Bertz CT molecular complexity index is 239. The molecule has 0 bridgehead atoms.